The van der Waals surface area contributed by atoms with Crippen molar-refractivity contribution in [3.63, 3.8) is 0 Å². The van der Waals surface area contributed by atoms with Gasteiger partial charge in [-0.1, -0.05) is 30.3 Å². The molecule has 4 aromatic rings. The van der Waals surface area contributed by atoms with Crippen LogP contribution in [0.1, 0.15) is 18.4 Å². The fourth-order valence-electron chi connectivity index (χ4n) is 3.11. The number of halogens is 1. The summed E-state index contributed by atoms with van der Waals surface area (Å²) in [5.74, 6) is 2.27. The minimum atomic E-state index is 0. The van der Waals surface area contributed by atoms with Crippen molar-refractivity contribution in [2.24, 2.45) is 12.0 Å². The molecule has 8 heteroatoms. The topological polar surface area (TPSA) is 80.3 Å². The van der Waals surface area contributed by atoms with Gasteiger partial charge in [0.1, 0.15) is 17.8 Å². The zero-order valence-electron chi connectivity index (χ0n) is 17.0. The number of hydrogen-bond donors (Lipinski definition) is 2. The standard InChI is InChI=1S/C22H24N6O.HI/c1-3-23-22(25-14-20-27-18-11-7-8-12-19(18)28(20)2)24-13-17-15-29-21(26-17)16-9-5-4-6-10-16;/h4-12,15H,3,13-14H2,1-2H3,(H2,23,24,25);1H. The van der Waals surface area contributed by atoms with Crippen molar-refractivity contribution in [2.45, 2.75) is 20.0 Å². The van der Waals surface area contributed by atoms with Crippen LogP contribution in [-0.4, -0.2) is 27.0 Å². The molecular formula is C22H25IN6O. The van der Waals surface area contributed by atoms with E-state index in [2.05, 4.69) is 36.2 Å². The first-order valence-electron chi connectivity index (χ1n) is 9.67. The second kappa shape index (κ2) is 10.2. The third-order valence-corrected chi connectivity index (χ3v) is 4.61. The number of nitrogens with zero attached hydrogens (tertiary/aromatic N) is 4. The molecule has 0 spiro atoms. The van der Waals surface area contributed by atoms with Crippen molar-refractivity contribution in [3.05, 3.63) is 72.4 Å². The summed E-state index contributed by atoms with van der Waals surface area (Å²) < 4.78 is 7.68. The van der Waals surface area contributed by atoms with Crippen LogP contribution in [0, 0.1) is 0 Å². The zero-order valence-corrected chi connectivity index (χ0v) is 19.3. The molecule has 2 aromatic heterocycles. The third kappa shape index (κ3) is 4.99. The average molecular weight is 516 g/mol. The number of benzene rings is 2. The van der Waals surface area contributed by atoms with Crippen molar-refractivity contribution in [3.8, 4) is 11.5 Å². The molecule has 7 nitrogen and oxygen atoms in total. The number of imidazole rings is 1. The van der Waals surface area contributed by atoms with Crippen LogP contribution in [0.2, 0.25) is 0 Å². The summed E-state index contributed by atoms with van der Waals surface area (Å²) in [7, 11) is 2.02. The Morgan fingerprint density at radius 3 is 2.57 bits per heavy atom. The number of aryl methyl sites for hydroxylation is 1. The zero-order chi connectivity index (χ0) is 20.1. The van der Waals surface area contributed by atoms with Gasteiger partial charge in [-0.3, -0.25) is 0 Å². The second-order valence-electron chi connectivity index (χ2n) is 6.63. The van der Waals surface area contributed by atoms with Crippen molar-refractivity contribution in [1.82, 2.24) is 25.2 Å². The molecule has 0 saturated carbocycles. The molecule has 0 amide bonds. The summed E-state index contributed by atoms with van der Waals surface area (Å²) in [5, 5.41) is 6.60. The van der Waals surface area contributed by atoms with Crippen molar-refractivity contribution < 1.29 is 4.42 Å². The Hall–Kier alpha value is -2.88. The highest BCUT2D eigenvalue weighted by Gasteiger charge is 2.09. The molecule has 0 fully saturated rings. The van der Waals surface area contributed by atoms with E-state index in [1.54, 1.807) is 6.26 Å². The Bertz CT molecular complexity index is 1120. The van der Waals surface area contributed by atoms with E-state index in [-0.39, 0.29) is 24.0 Å². The fourth-order valence-corrected chi connectivity index (χ4v) is 3.11. The second-order valence-corrected chi connectivity index (χ2v) is 6.63. The van der Waals surface area contributed by atoms with Gasteiger partial charge in [0.25, 0.3) is 0 Å². The van der Waals surface area contributed by atoms with Gasteiger partial charge < -0.3 is 19.6 Å². The van der Waals surface area contributed by atoms with Gasteiger partial charge in [-0.25, -0.2) is 15.0 Å². The lowest BCUT2D eigenvalue weighted by molar-refractivity contribution is 0.572. The first-order valence-corrected chi connectivity index (χ1v) is 9.67. The summed E-state index contributed by atoms with van der Waals surface area (Å²) in [5.41, 5.74) is 3.84. The lowest BCUT2D eigenvalue weighted by Gasteiger charge is -2.10. The number of guanidine groups is 1. The van der Waals surface area contributed by atoms with Crippen LogP contribution in [0.3, 0.4) is 0 Å². The Balaban J connectivity index is 0.00000256. The van der Waals surface area contributed by atoms with Gasteiger partial charge in [0.05, 0.1) is 24.1 Å². The lowest BCUT2D eigenvalue weighted by atomic mass is 10.2. The van der Waals surface area contributed by atoms with E-state index >= 15 is 0 Å². The largest absolute Gasteiger partial charge is 0.444 e. The number of fused-ring (bicyclic) bond motifs is 1. The molecule has 4 rings (SSSR count). The van der Waals surface area contributed by atoms with Crippen molar-refractivity contribution in [1.29, 1.82) is 0 Å². The number of para-hydroxylation sites is 2. The Morgan fingerprint density at radius 1 is 1.03 bits per heavy atom. The molecule has 2 heterocycles. The van der Waals surface area contributed by atoms with Gasteiger partial charge in [-0.05, 0) is 31.2 Å². The van der Waals surface area contributed by atoms with Gasteiger partial charge in [0, 0.05) is 19.2 Å². The molecule has 0 radical (unpaired) electrons. The van der Waals surface area contributed by atoms with Gasteiger partial charge in [0.15, 0.2) is 5.96 Å². The highest BCUT2D eigenvalue weighted by molar-refractivity contribution is 14.0. The quantitative estimate of drug-likeness (QED) is 0.229. The molecule has 0 aliphatic carbocycles. The van der Waals surface area contributed by atoms with Gasteiger partial charge >= 0.3 is 0 Å². The van der Waals surface area contributed by atoms with Crippen LogP contribution in [0.5, 0.6) is 0 Å². The van der Waals surface area contributed by atoms with E-state index in [9.17, 15) is 0 Å². The van der Waals surface area contributed by atoms with E-state index in [0.717, 1.165) is 34.7 Å². The summed E-state index contributed by atoms with van der Waals surface area (Å²) in [4.78, 5) is 13.8. The molecule has 156 valence electrons. The molecule has 0 bridgehead atoms. The number of rotatable bonds is 6. The van der Waals surface area contributed by atoms with Gasteiger partial charge in [0.2, 0.25) is 5.89 Å². The highest BCUT2D eigenvalue weighted by Crippen LogP contribution is 2.18. The van der Waals surface area contributed by atoms with Crippen LogP contribution >= 0.6 is 24.0 Å². The number of oxazole rings is 1. The van der Waals surface area contributed by atoms with Crippen LogP contribution in [0.4, 0.5) is 0 Å². The summed E-state index contributed by atoms with van der Waals surface area (Å²) in [6, 6.07) is 18.0. The SMILES string of the molecule is CCNC(=NCc1coc(-c2ccccc2)n1)NCc1nc2ccccc2n1C.I. The summed E-state index contributed by atoms with van der Waals surface area (Å²) in [6.07, 6.45) is 1.65. The minimum absolute atomic E-state index is 0. The maximum absolute atomic E-state index is 5.59. The van der Waals surface area contributed by atoms with Crippen LogP contribution in [0.25, 0.3) is 22.5 Å². The Labute approximate surface area is 192 Å². The number of aromatic nitrogens is 3. The normalized spacial score (nSPS) is 11.3. The molecule has 0 saturated heterocycles. The first-order chi connectivity index (χ1) is 14.2. The fraction of sp³-hybridized carbons (Fsp3) is 0.227. The van der Waals surface area contributed by atoms with Crippen LogP contribution in [-0.2, 0) is 20.1 Å². The maximum Gasteiger partial charge on any atom is 0.226 e. The first kappa shape index (κ1) is 21.8. The average Bonchev–Trinajstić information content (AvgIpc) is 3.36. The highest BCUT2D eigenvalue weighted by atomic mass is 127. The van der Waals surface area contributed by atoms with E-state index in [0.29, 0.717) is 24.9 Å². The van der Waals surface area contributed by atoms with Gasteiger partial charge in [-0.2, -0.15) is 0 Å². The molecule has 30 heavy (non-hydrogen) atoms. The van der Waals surface area contributed by atoms with E-state index in [1.807, 2.05) is 62.5 Å². The number of nitrogens with one attached hydrogen (secondary N) is 2. The predicted molar refractivity (Wildman–Crippen MR) is 130 cm³/mol. The summed E-state index contributed by atoms with van der Waals surface area (Å²) >= 11 is 0. The number of hydrogen-bond acceptors (Lipinski definition) is 4. The minimum Gasteiger partial charge on any atom is -0.444 e. The monoisotopic (exact) mass is 516 g/mol. The molecular weight excluding hydrogens is 491 g/mol. The Kier molecular flexibility index (Phi) is 7.45. The molecule has 0 aliphatic heterocycles. The third-order valence-electron chi connectivity index (χ3n) is 4.61. The Morgan fingerprint density at radius 2 is 1.80 bits per heavy atom. The maximum atomic E-state index is 5.59. The van der Waals surface area contributed by atoms with Crippen molar-refractivity contribution >= 4 is 41.0 Å². The van der Waals surface area contributed by atoms with E-state index in [1.165, 1.54) is 0 Å². The van der Waals surface area contributed by atoms with E-state index < -0.39 is 0 Å². The molecule has 2 aromatic carbocycles. The van der Waals surface area contributed by atoms with Crippen molar-refractivity contribution in [2.75, 3.05) is 6.54 Å². The van der Waals surface area contributed by atoms with Crippen LogP contribution in [0.15, 0.2) is 70.3 Å². The molecule has 0 aliphatic rings. The summed E-state index contributed by atoms with van der Waals surface area (Å²) in [6.45, 7) is 3.80. The predicted octanol–water partition coefficient (Wildman–Crippen LogP) is 4.10. The smallest absolute Gasteiger partial charge is 0.226 e. The number of aliphatic imine (C=N–C) groups is 1. The van der Waals surface area contributed by atoms with E-state index in [4.69, 9.17) is 4.42 Å². The lowest BCUT2D eigenvalue weighted by Crippen LogP contribution is -2.37. The molecule has 0 unspecified atom stereocenters. The molecule has 0 atom stereocenters. The van der Waals surface area contributed by atoms with Gasteiger partial charge in [-0.15, -0.1) is 24.0 Å². The molecule has 2 N–H and O–H groups in total. The van der Waals surface area contributed by atoms with Crippen LogP contribution < -0.4 is 10.6 Å².